The van der Waals surface area contributed by atoms with Gasteiger partial charge in [0.15, 0.2) is 0 Å². The minimum atomic E-state index is -4.66. The summed E-state index contributed by atoms with van der Waals surface area (Å²) in [7, 11) is 1.82. The Labute approximate surface area is 234 Å². The molecule has 4 aromatic rings. The quantitative estimate of drug-likeness (QED) is 0.349. The van der Waals surface area contributed by atoms with Crippen LogP contribution in [0.1, 0.15) is 53.8 Å². The highest BCUT2D eigenvalue weighted by atomic mass is 19.4. The van der Waals surface area contributed by atoms with E-state index in [4.69, 9.17) is 4.74 Å². The molecule has 0 N–H and O–H groups in total. The number of pyridine rings is 1. The number of halogens is 3. The van der Waals surface area contributed by atoms with E-state index in [-0.39, 0.29) is 22.9 Å². The van der Waals surface area contributed by atoms with E-state index in [1.54, 1.807) is 23.0 Å². The summed E-state index contributed by atoms with van der Waals surface area (Å²) in [5.41, 5.74) is -0.0139. The van der Waals surface area contributed by atoms with E-state index in [0.29, 0.717) is 48.3 Å². The lowest BCUT2D eigenvalue weighted by Crippen LogP contribution is -2.35. The zero-order chi connectivity index (χ0) is 28.9. The summed E-state index contributed by atoms with van der Waals surface area (Å²) >= 11 is 0. The molecule has 2 saturated heterocycles. The van der Waals surface area contributed by atoms with Crippen molar-refractivity contribution in [2.24, 2.45) is 18.9 Å². The average Bonchev–Trinajstić information content (AvgIpc) is 3.47. The second-order valence-corrected chi connectivity index (χ2v) is 11.3. The molecular formula is C29H30F3N7O2. The van der Waals surface area contributed by atoms with Crippen molar-refractivity contribution in [3.05, 3.63) is 81.5 Å². The molecule has 41 heavy (non-hydrogen) atoms. The molecule has 1 aromatic carbocycles. The minimum Gasteiger partial charge on any atom is -0.381 e. The third-order valence-electron chi connectivity index (χ3n) is 8.14. The highest BCUT2D eigenvalue weighted by molar-refractivity contribution is 5.58. The number of rotatable bonds is 6. The van der Waals surface area contributed by atoms with Crippen molar-refractivity contribution >= 4 is 5.52 Å². The summed E-state index contributed by atoms with van der Waals surface area (Å²) in [5, 5.41) is 18.1. The predicted octanol–water partition coefficient (Wildman–Crippen LogP) is 4.12. The molecule has 0 amide bonds. The van der Waals surface area contributed by atoms with Gasteiger partial charge in [-0.25, -0.2) is 4.79 Å². The Hall–Kier alpha value is -3.95. The molecule has 9 nitrogen and oxygen atoms in total. The van der Waals surface area contributed by atoms with Crippen molar-refractivity contribution < 1.29 is 17.9 Å². The van der Waals surface area contributed by atoms with Gasteiger partial charge in [0.25, 0.3) is 0 Å². The summed E-state index contributed by atoms with van der Waals surface area (Å²) in [5.74, 6) is 0.934. The lowest BCUT2D eigenvalue weighted by Gasteiger charge is -2.33. The van der Waals surface area contributed by atoms with Gasteiger partial charge in [0.2, 0.25) is 0 Å². The topological polar surface area (TPSA) is 93.4 Å². The molecule has 0 spiro atoms. The second kappa shape index (κ2) is 10.5. The fourth-order valence-electron chi connectivity index (χ4n) is 6.10. The van der Waals surface area contributed by atoms with Crippen molar-refractivity contribution in [1.29, 1.82) is 5.26 Å². The smallest absolute Gasteiger partial charge is 0.381 e. The molecule has 2 aliphatic rings. The first-order valence-corrected chi connectivity index (χ1v) is 13.7. The van der Waals surface area contributed by atoms with Gasteiger partial charge in [0, 0.05) is 38.4 Å². The van der Waals surface area contributed by atoms with Gasteiger partial charge in [0.1, 0.15) is 12.2 Å². The molecule has 0 radical (unpaired) electrons. The Morgan fingerprint density at radius 3 is 2.63 bits per heavy atom. The molecule has 2 aliphatic heterocycles. The van der Waals surface area contributed by atoms with Crippen LogP contribution in [0.25, 0.3) is 11.2 Å². The number of alkyl halides is 3. The number of fused-ring (bicyclic) bond motifs is 1. The van der Waals surface area contributed by atoms with Crippen LogP contribution in [0.2, 0.25) is 0 Å². The zero-order valence-corrected chi connectivity index (χ0v) is 22.8. The van der Waals surface area contributed by atoms with Crippen LogP contribution in [0.4, 0.5) is 13.2 Å². The number of piperidine rings is 1. The molecule has 214 valence electrons. The van der Waals surface area contributed by atoms with E-state index in [1.165, 1.54) is 23.0 Å². The summed E-state index contributed by atoms with van der Waals surface area (Å²) < 4.78 is 52.4. The Morgan fingerprint density at radius 1 is 1.20 bits per heavy atom. The number of benzene rings is 1. The maximum Gasteiger partial charge on any atom is 0.418 e. The normalized spacial score (nSPS) is 19.3. The molecule has 2 fully saturated rings. The molecular weight excluding hydrogens is 535 g/mol. The largest absolute Gasteiger partial charge is 0.418 e. The third kappa shape index (κ3) is 5.15. The number of aromatic nitrogens is 5. The van der Waals surface area contributed by atoms with Gasteiger partial charge in [-0.15, -0.1) is 10.2 Å². The number of hydrogen-bond donors (Lipinski definition) is 0. The van der Waals surface area contributed by atoms with Gasteiger partial charge in [0.05, 0.1) is 47.5 Å². The molecule has 3 aromatic heterocycles. The van der Waals surface area contributed by atoms with Crippen molar-refractivity contribution in [1.82, 2.24) is 28.6 Å². The SMILES string of the molecule is C[C@H]1CCCN(Cc2cc(C(F)(F)F)c3cn(-c4cc(C#N)cc(C(c5nncn5C)C5COC5)c4)c(=O)n3c2)C1. The Balaban J connectivity index is 1.47. The lowest BCUT2D eigenvalue weighted by atomic mass is 9.83. The maximum absolute atomic E-state index is 14.3. The first-order valence-electron chi connectivity index (χ1n) is 13.7. The predicted molar refractivity (Wildman–Crippen MR) is 144 cm³/mol. The average molecular weight is 566 g/mol. The summed E-state index contributed by atoms with van der Waals surface area (Å²) in [6.07, 6.45) is 1.73. The number of likely N-dealkylation sites (tertiary alicyclic amines) is 1. The first kappa shape index (κ1) is 27.2. The highest BCUT2D eigenvalue weighted by Gasteiger charge is 2.36. The monoisotopic (exact) mass is 565 g/mol. The maximum atomic E-state index is 14.3. The first-order chi connectivity index (χ1) is 19.6. The van der Waals surface area contributed by atoms with Crippen LogP contribution in [0, 0.1) is 23.2 Å². The Kier molecular flexibility index (Phi) is 6.95. The lowest BCUT2D eigenvalue weighted by molar-refractivity contribution is -0.136. The van der Waals surface area contributed by atoms with Crippen molar-refractivity contribution in [2.45, 2.75) is 38.4 Å². The Bertz CT molecular complexity index is 1690. The van der Waals surface area contributed by atoms with Crippen LogP contribution in [-0.4, -0.2) is 54.9 Å². The number of aryl methyl sites for hydroxylation is 1. The molecule has 12 heteroatoms. The van der Waals surface area contributed by atoms with Crippen molar-refractivity contribution in [3.63, 3.8) is 0 Å². The molecule has 0 saturated carbocycles. The molecule has 0 bridgehead atoms. The van der Waals surface area contributed by atoms with E-state index in [1.807, 2.05) is 7.05 Å². The fourth-order valence-corrected chi connectivity index (χ4v) is 6.10. The highest BCUT2D eigenvalue weighted by Crippen LogP contribution is 2.37. The molecule has 0 aliphatic carbocycles. The van der Waals surface area contributed by atoms with Crippen LogP contribution in [0.3, 0.4) is 0 Å². The van der Waals surface area contributed by atoms with E-state index in [2.05, 4.69) is 28.1 Å². The number of imidazole rings is 1. The number of nitrogens with zero attached hydrogens (tertiary/aromatic N) is 7. The summed E-state index contributed by atoms with van der Waals surface area (Å²) in [6, 6.07) is 8.26. The summed E-state index contributed by atoms with van der Waals surface area (Å²) in [4.78, 5) is 15.8. The van der Waals surface area contributed by atoms with Crippen LogP contribution in [-0.2, 0) is 24.5 Å². The minimum absolute atomic E-state index is 0.0708. The van der Waals surface area contributed by atoms with Gasteiger partial charge >= 0.3 is 11.9 Å². The standard InChI is InChI=1S/C29H30F3N7O2/c1-18-4-3-5-37(11-18)12-20-8-24(29(30,31)32)25-14-38(28(40)39(25)13-20)23-7-19(10-33)6-21(9-23)26(22-15-41-16-22)27-35-34-17-36(27)2/h6-9,13-14,17-18,22,26H,3-5,11-12,15-16H2,1-2H3/t18-,26?/m0/s1. The molecule has 6 rings (SSSR count). The molecule has 2 atom stereocenters. The fraction of sp³-hybridized carbons (Fsp3) is 0.448. The third-order valence-corrected chi connectivity index (χ3v) is 8.14. The number of hydrogen-bond acceptors (Lipinski definition) is 6. The number of nitriles is 1. The van der Waals surface area contributed by atoms with Crippen molar-refractivity contribution in [3.8, 4) is 11.8 Å². The zero-order valence-electron chi connectivity index (χ0n) is 22.8. The van der Waals surface area contributed by atoms with Crippen molar-refractivity contribution in [2.75, 3.05) is 26.3 Å². The van der Waals surface area contributed by atoms with Crippen LogP contribution >= 0.6 is 0 Å². The van der Waals surface area contributed by atoms with Gasteiger partial charge < -0.3 is 9.30 Å². The van der Waals surface area contributed by atoms with Gasteiger partial charge in [-0.2, -0.15) is 18.4 Å². The summed E-state index contributed by atoms with van der Waals surface area (Å²) in [6.45, 7) is 5.07. The van der Waals surface area contributed by atoms with Gasteiger partial charge in [-0.05, 0) is 60.7 Å². The van der Waals surface area contributed by atoms with Gasteiger partial charge in [-0.3, -0.25) is 13.9 Å². The molecule has 1 unspecified atom stereocenters. The van der Waals surface area contributed by atoms with Crippen LogP contribution in [0.5, 0.6) is 0 Å². The van der Waals surface area contributed by atoms with E-state index < -0.39 is 17.4 Å². The van der Waals surface area contributed by atoms with E-state index >= 15 is 0 Å². The van der Waals surface area contributed by atoms with Gasteiger partial charge in [-0.1, -0.05) is 6.92 Å². The number of ether oxygens (including phenoxy) is 1. The van der Waals surface area contributed by atoms with Crippen LogP contribution < -0.4 is 5.69 Å². The Morgan fingerprint density at radius 2 is 2.00 bits per heavy atom. The molecule has 5 heterocycles. The van der Waals surface area contributed by atoms with E-state index in [0.717, 1.165) is 36.4 Å². The van der Waals surface area contributed by atoms with E-state index in [9.17, 15) is 23.2 Å². The second-order valence-electron chi connectivity index (χ2n) is 11.3. The van der Waals surface area contributed by atoms with Crippen LogP contribution in [0.15, 0.2) is 47.8 Å².